The van der Waals surface area contributed by atoms with Crippen molar-refractivity contribution in [2.45, 2.75) is 38.8 Å². The lowest BCUT2D eigenvalue weighted by Crippen LogP contribution is -2.33. The number of hydrogen-bond donors (Lipinski definition) is 2. The van der Waals surface area contributed by atoms with Gasteiger partial charge in [-0.2, -0.15) is 0 Å². The molecule has 0 aromatic heterocycles. The Bertz CT molecular complexity index is 578. The zero-order valence-electron chi connectivity index (χ0n) is 13.0. The Balaban J connectivity index is 1.97. The van der Waals surface area contributed by atoms with Crippen LogP contribution in [0.4, 0.5) is 0 Å². The molecule has 1 atom stereocenters. The summed E-state index contributed by atoms with van der Waals surface area (Å²) in [5.41, 5.74) is 3.64. The van der Waals surface area contributed by atoms with Crippen LogP contribution in [0.5, 0.6) is 0 Å². The monoisotopic (exact) mass is 297 g/mol. The SMILES string of the molecule is CCc1ccc(CC(CC(=O)O)NCc2ccccc2)cc1. The number of aliphatic carboxylic acids is 1. The maximum Gasteiger partial charge on any atom is 0.304 e. The normalized spacial score (nSPS) is 12.0. The van der Waals surface area contributed by atoms with Crippen LogP contribution in [0.3, 0.4) is 0 Å². The summed E-state index contributed by atoms with van der Waals surface area (Å²) >= 11 is 0. The van der Waals surface area contributed by atoms with Gasteiger partial charge in [-0.15, -0.1) is 0 Å². The van der Waals surface area contributed by atoms with Crippen molar-refractivity contribution in [3.8, 4) is 0 Å². The van der Waals surface area contributed by atoms with Crippen LogP contribution in [0.15, 0.2) is 54.6 Å². The van der Waals surface area contributed by atoms with Gasteiger partial charge in [-0.3, -0.25) is 4.79 Å². The van der Waals surface area contributed by atoms with Crippen molar-refractivity contribution in [2.75, 3.05) is 0 Å². The molecule has 1 unspecified atom stereocenters. The van der Waals surface area contributed by atoms with E-state index in [9.17, 15) is 4.79 Å². The number of carboxylic acid groups (broad SMARTS) is 1. The molecule has 0 saturated carbocycles. The number of rotatable bonds is 8. The van der Waals surface area contributed by atoms with Gasteiger partial charge in [0.15, 0.2) is 0 Å². The van der Waals surface area contributed by atoms with Crippen molar-refractivity contribution in [3.05, 3.63) is 71.3 Å². The predicted molar refractivity (Wildman–Crippen MR) is 88.8 cm³/mol. The molecule has 0 aliphatic rings. The van der Waals surface area contributed by atoms with Crippen molar-refractivity contribution in [1.82, 2.24) is 5.32 Å². The van der Waals surface area contributed by atoms with E-state index in [2.05, 4.69) is 36.5 Å². The lowest BCUT2D eigenvalue weighted by molar-refractivity contribution is -0.137. The van der Waals surface area contributed by atoms with Crippen molar-refractivity contribution >= 4 is 5.97 Å². The molecule has 0 bridgehead atoms. The number of hydrogen-bond acceptors (Lipinski definition) is 2. The lowest BCUT2D eigenvalue weighted by atomic mass is 10.0. The fourth-order valence-electron chi connectivity index (χ4n) is 2.48. The molecule has 2 N–H and O–H groups in total. The second-order valence-corrected chi connectivity index (χ2v) is 5.54. The molecule has 0 fully saturated rings. The second kappa shape index (κ2) is 8.35. The summed E-state index contributed by atoms with van der Waals surface area (Å²) in [6.45, 7) is 2.81. The van der Waals surface area contributed by atoms with Crippen LogP contribution in [0.25, 0.3) is 0 Å². The maximum atomic E-state index is 11.1. The fourth-order valence-corrected chi connectivity index (χ4v) is 2.48. The molecule has 2 aromatic carbocycles. The van der Waals surface area contributed by atoms with Crippen LogP contribution in [0.1, 0.15) is 30.0 Å². The van der Waals surface area contributed by atoms with Crippen molar-refractivity contribution in [3.63, 3.8) is 0 Å². The Morgan fingerprint density at radius 3 is 2.23 bits per heavy atom. The van der Waals surface area contributed by atoms with Gasteiger partial charge in [0.2, 0.25) is 0 Å². The molecule has 0 heterocycles. The van der Waals surface area contributed by atoms with Crippen molar-refractivity contribution in [2.24, 2.45) is 0 Å². The predicted octanol–water partition coefficient (Wildman–Crippen LogP) is 3.42. The van der Waals surface area contributed by atoms with Gasteiger partial charge in [-0.1, -0.05) is 61.5 Å². The zero-order chi connectivity index (χ0) is 15.8. The molecule has 0 spiro atoms. The number of carbonyl (C=O) groups is 1. The Morgan fingerprint density at radius 2 is 1.64 bits per heavy atom. The molecule has 22 heavy (non-hydrogen) atoms. The smallest absolute Gasteiger partial charge is 0.304 e. The van der Waals surface area contributed by atoms with E-state index >= 15 is 0 Å². The van der Waals surface area contributed by atoms with Gasteiger partial charge in [-0.05, 0) is 29.5 Å². The first-order valence-electron chi connectivity index (χ1n) is 7.74. The quantitative estimate of drug-likeness (QED) is 0.785. The topological polar surface area (TPSA) is 49.3 Å². The van der Waals surface area contributed by atoms with Gasteiger partial charge in [0.25, 0.3) is 0 Å². The van der Waals surface area contributed by atoms with Crippen LogP contribution in [-0.4, -0.2) is 17.1 Å². The highest BCUT2D eigenvalue weighted by molar-refractivity contribution is 5.67. The molecule has 2 aromatic rings. The van der Waals surface area contributed by atoms with Crippen LogP contribution in [0, 0.1) is 0 Å². The summed E-state index contributed by atoms with van der Waals surface area (Å²) in [5.74, 6) is -0.768. The Kier molecular flexibility index (Phi) is 6.16. The summed E-state index contributed by atoms with van der Waals surface area (Å²) in [6.07, 6.45) is 1.87. The number of nitrogens with one attached hydrogen (secondary N) is 1. The Morgan fingerprint density at radius 1 is 1.00 bits per heavy atom. The number of carboxylic acids is 1. The van der Waals surface area contributed by atoms with E-state index in [1.54, 1.807) is 0 Å². The standard InChI is InChI=1S/C19H23NO2/c1-2-15-8-10-16(11-9-15)12-18(13-19(21)22)20-14-17-6-4-3-5-7-17/h3-11,18,20H,2,12-14H2,1H3,(H,21,22). The van der Waals surface area contributed by atoms with E-state index < -0.39 is 5.97 Å². The van der Waals surface area contributed by atoms with E-state index in [0.29, 0.717) is 6.54 Å². The fraction of sp³-hybridized carbons (Fsp3) is 0.316. The average Bonchev–Trinajstić information content (AvgIpc) is 2.54. The third kappa shape index (κ3) is 5.34. The second-order valence-electron chi connectivity index (χ2n) is 5.54. The minimum absolute atomic E-state index is 0.0646. The summed E-state index contributed by atoms with van der Waals surface area (Å²) in [6, 6.07) is 18.4. The highest BCUT2D eigenvalue weighted by atomic mass is 16.4. The van der Waals surface area contributed by atoms with E-state index in [0.717, 1.165) is 12.8 Å². The number of aryl methyl sites for hydroxylation is 1. The van der Waals surface area contributed by atoms with Gasteiger partial charge in [-0.25, -0.2) is 0 Å². The highest BCUT2D eigenvalue weighted by Crippen LogP contribution is 2.10. The molecule has 0 amide bonds. The van der Waals surface area contributed by atoms with E-state index in [-0.39, 0.29) is 12.5 Å². The summed E-state index contributed by atoms with van der Waals surface area (Å²) in [5, 5.41) is 12.5. The summed E-state index contributed by atoms with van der Waals surface area (Å²) in [4.78, 5) is 11.1. The zero-order valence-corrected chi connectivity index (χ0v) is 13.0. The molecule has 3 heteroatoms. The molecule has 116 valence electrons. The molecule has 0 saturated heterocycles. The van der Waals surface area contributed by atoms with Gasteiger partial charge < -0.3 is 10.4 Å². The Labute approximate surface area is 132 Å². The largest absolute Gasteiger partial charge is 0.481 e. The van der Waals surface area contributed by atoms with Crippen LogP contribution < -0.4 is 5.32 Å². The van der Waals surface area contributed by atoms with Crippen molar-refractivity contribution in [1.29, 1.82) is 0 Å². The minimum atomic E-state index is -0.768. The van der Waals surface area contributed by atoms with Crippen molar-refractivity contribution < 1.29 is 9.90 Å². The maximum absolute atomic E-state index is 11.1. The molecule has 0 aliphatic heterocycles. The first-order valence-corrected chi connectivity index (χ1v) is 7.74. The lowest BCUT2D eigenvalue weighted by Gasteiger charge is -2.17. The molecule has 0 aliphatic carbocycles. The Hall–Kier alpha value is -2.13. The van der Waals surface area contributed by atoms with E-state index in [4.69, 9.17) is 5.11 Å². The number of benzene rings is 2. The van der Waals surface area contributed by atoms with Crippen LogP contribution in [0.2, 0.25) is 0 Å². The third-order valence-electron chi connectivity index (χ3n) is 3.77. The first-order chi connectivity index (χ1) is 10.7. The van der Waals surface area contributed by atoms with Crippen LogP contribution >= 0.6 is 0 Å². The van der Waals surface area contributed by atoms with Crippen LogP contribution in [-0.2, 0) is 24.2 Å². The molecule has 0 radical (unpaired) electrons. The summed E-state index contributed by atoms with van der Waals surface area (Å²) in [7, 11) is 0. The third-order valence-corrected chi connectivity index (χ3v) is 3.77. The van der Waals surface area contributed by atoms with E-state index in [1.165, 1.54) is 16.7 Å². The molecular formula is C19H23NO2. The van der Waals surface area contributed by atoms with Gasteiger partial charge >= 0.3 is 5.97 Å². The highest BCUT2D eigenvalue weighted by Gasteiger charge is 2.13. The first kappa shape index (κ1) is 16.2. The van der Waals surface area contributed by atoms with Gasteiger partial charge in [0.1, 0.15) is 0 Å². The average molecular weight is 297 g/mol. The molecule has 2 rings (SSSR count). The summed E-state index contributed by atoms with van der Waals surface area (Å²) < 4.78 is 0. The molecular weight excluding hydrogens is 274 g/mol. The minimum Gasteiger partial charge on any atom is -0.481 e. The van der Waals surface area contributed by atoms with E-state index in [1.807, 2.05) is 30.3 Å². The van der Waals surface area contributed by atoms with Gasteiger partial charge in [0, 0.05) is 12.6 Å². The molecule has 3 nitrogen and oxygen atoms in total. The van der Waals surface area contributed by atoms with Gasteiger partial charge in [0.05, 0.1) is 6.42 Å².